The van der Waals surface area contributed by atoms with Crippen molar-refractivity contribution in [2.45, 2.75) is 29.3 Å². The van der Waals surface area contributed by atoms with Crippen LogP contribution in [-0.4, -0.2) is 29.2 Å². The number of fused-ring (bicyclic) bond motifs is 1. The zero-order valence-electron chi connectivity index (χ0n) is 16.1. The number of halogens is 6. The van der Waals surface area contributed by atoms with Crippen LogP contribution in [0, 0.1) is 0 Å². The summed E-state index contributed by atoms with van der Waals surface area (Å²) in [7, 11) is -4.12. The summed E-state index contributed by atoms with van der Waals surface area (Å²) in [5, 5.41) is 2.98. The molecular weight excluding hydrogens is 510 g/mol. The van der Waals surface area contributed by atoms with Crippen molar-refractivity contribution in [2.75, 3.05) is 0 Å². The Bertz CT molecular complexity index is 1340. The molecule has 168 valence electrons. The minimum Gasteiger partial charge on any atom is -0.238 e. The van der Waals surface area contributed by atoms with E-state index in [0.29, 0.717) is 10.6 Å². The van der Waals surface area contributed by atoms with E-state index in [4.69, 9.17) is 34.8 Å². The summed E-state index contributed by atoms with van der Waals surface area (Å²) in [5.74, 6) is -0.117. The highest BCUT2D eigenvalue weighted by atomic mass is 35.5. The Morgan fingerprint density at radius 2 is 1.62 bits per heavy atom. The minimum absolute atomic E-state index is 0.0573. The third kappa shape index (κ3) is 4.03. The predicted octanol–water partition coefficient (Wildman–Crippen LogP) is 6.40. The maximum Gasteiger partial charge on any atom is 0.435 e. The molecule has 1 aliphatic rings. The number of aliphatic imine (C=N–C) groups is 1. The number of nitrogens with zero attached hydrogens (tertiary/aromatic N) is 3. The molecule has 3 aromatic rings. The fraction of sp³-hybridized carbons (Fsp3) is 0.200. The van der Waals surface area contributed by atoms with Gasteiger partial charge < -0.3 is 0 Å². The third-order valence-corrected chi connectivity index (χ3v) is 8.21. The van der Waals surface area contributed by atoms with Crippen LogP contribution < -0.4 is 0 Å². The van der Waals surface area contributed by atoms with Crippen molar-refractivity contribution < 1.29 is 21.6 Å². The average molecular weight is 523 g/mol. The summed E-state index contributed by atoms with van der Waals surface area (Å²) in [6.45, 7) is 1.45. The number of alkyl halides is 3. The molecule has 0 N–H and O–H groups in total. The van der Waals surface area contributed by atoms with Gasteiger partial charge in [0.05, 0.1) is 14.9 Å². The number of benzene rings is 2. The Labute approximate surface area is 196 Å². The van der Waals surface area contributed by atoms with E-state index in [-0.39, 0.29) is 26.5 Å². The fourth-order valence-electron chi connectivity index (χ4n) is 3.59. The predicted molar refractivity (Wildman–Crippen MR) is 117 cm³/mol. The molecule has 0 saturated heterocycles. The molecule has 12 heteroatoms. The monoisotopic (exact) mass is 521 g/mol. The maximum atomic E-state index is 13.6. The van der Waals surface area contributed by atoms with Crippen LogP contribution in [0.3, 0.4) is 0 Å². The van der Waals surface area contributed by atoms with E-state index >= 15 is 0 Å². The summed E-state index contributed by atoms with van der Waals surface area (Å²) in [6, 6.07) is 9.45. The molecule has 2 atom stereocenters. The second-order valence-corrected chi connectivity index (χ2v) is 10.4. The number of aromatic nitrogens is 2. The molecular formula is C20H13Cl3F3N3O2S. The van der Waals surface area contributed by atoms with Gasteiger partial charge in [0.1, 0.15) is 11.3 Å². The van der Waals surface area contributed by atoms with Gasteiger partial charge in [-0.2, -0.15) is 18.3 Å². The fourth-order valence-corrected chi connectivity index (χ4v) is 5.94. The normalized spacial score (nSPS) is 18.9. The smallest absolute Gasteiger partial charge is 0.238 e. The summed E-state index contributed by atoms with van der Waals surface area (Å²) in [6.07, 6.45) is -4.74. The largest absolute Gasteiger partial charge is 0.435 e. The quantitative estimate of drug-likeness (QED) is 0.400. The second-order valence-electron chi connectivity index (χ2n) is 7.12. The number of rotatable bonds is 3. The van der Waals surface area contributed by atoms with E-state index in [2.05, 4.69) is 10.1 Å². The van der Waals surface area contributed by atoms with Crippen LogP contribution >= 0.6 is 34.8 Å². The topological polar surface area (TPSA) is 64.3 Å². The van der Waals surface area contributed by atoms with E-state index in [9.17, 15) is 21.6 Å². The number of sulfone groups is 1. The van der Waals surface area contributed by atoms with Gasteiger partial charge >= 0.3 is 6.18 Å². The standard InChI is InChI=1S/C20H13Cl3F3N3O2S/c1-10-19(32(30,31)13-5-3-12(21)4-6-13)18(11-2-7-14(22)15(23)8-11)29-17(27-10)9-16(28-29)20(24,25)26/h2-9,18-19H,1H3. The minimum atomic E-state index is -4.74. The van der Waals surface area contributed by atoms with Crippen LogP contribution in [0.25, 0.3) is 0 Å². The molecule has 1 aromatic heterocycles. The summed E-state index contributed by atoms with van der Waals surface area (Å²) >= 11 is 18.0. The molecule has 0 bridgehead atoms. The van der Waals surface area contributed by atoms with Crippen molar-refractivity contribution in [3.8, 4) is 0 Å². The third-order valence-electron chi connectivity index (χ3n) is 5.02. The number of hydrogen-bond donors (Lipinski definition) is 0. The maximum absolute atomic E-state index is 13.6. The van der Waals surface area contributed by atoms with Crippen LogP contribution in [-0.2, 0) is 16.0 Å². The first-order valence-electron chi connectivity index (χ1n) is 9.06. The van der Waals surface area contributed by atoms with Crippen LogP contribution in [0.15, 0.2) is 58.4 Å². The van der Waals surface area contributed by atoms with Gasteiger partial charge in [-0.25, -0.2) is 18.1 Å². The second kappa shape index (κ2) is 8.06. The SMILES string of the molecule is CC1=Nc2cc(C(F)(F)F)nn2C(c2ccc(Cl)c(Cl)c2)C1S(=O)(=O)c1ccc(Cl)cc1. The van der Waals surface area contributed by atoms with E-state index in [1.54, 1.807) is 0 Å². The molecule has 2 aromatic carbocycles. The highest BCUT2D eigenvalue weighted by Gasteiger charge is 2.45. The summed E-state index contributed by atoms with van der Waals surface area (Å²) < 4.78 is 68.3. The molecule has 2 heterocycles. The summed E-state index contributed by atoms with van der Waals surface area (Å²) in [4.78, 5) is 4.08. The zero-order chi connectivity index (χ0) is 23.4. The molecule has 0 aliphatic carbocycles. The highest BCUT2D eigenvalue weighted by Crippen LogP contribution is 2.42. The molecule has 0 amide bonds. The van der Waals surface area contributed by atoms with Gasteiger partial charge in [0, 0.05) is 16.8 Å². The van der Waals surface area contributed by atoms with Crippen LogP contribution in [0.1, 0.15) is 24.2 Å². The highest BCUT2D eigenvalue weighted by molar-refractivity contribution is 7.93. The lowest BCUT2D eigenvalue weighted by Gasteiger charge is -2.32. The Balaban J connectivity index is 1.96. The van der Waals surface area contributed by atoms with E-state index in [1.165, 1.54) is 49.4 Å². The molecule has 0 spiro atoms. The Morgan fingerprint density at radius 3 is 2.22 bits per heavy atom. The summed E-state index contributed by atoms with van der Waals surface area (Å²) in [5.41, 5.74) is -0.759. The molecule has 32 heavy (non-hydrogen) atoms. The van der Waals surface area contributed by atoms with Crippen molar-refractivity contribution in [1.82, 2.24) is 9.78 Å². The van der Waals surface area contributed by atoms with E-state index < -0.39 is 33.0 Å². The molecule has 5 nitrogen and oxygen atoms in total. The molecule has 0 radical (unpaired) electrons. The molecule has 4 rings (SSSR count). The Morgan fingerprint density at radius 1 is 0.969 bits per heavy atom. The lowest BCUT2D eigenvalue weighted by molar-refractivity contribution is -0.141. The zero-order valence-corrected chi connectivity index (χ0v) is 19.2. The van der Waals surface area contributed by atoms with Crippen LogP contribution in [0.2, 0.25) is 15.1 Å². The molecule has 0 saturated carbocycles. The van der Waals surface area contributed by atoms with Crippen LogP contribution in [0.5, 0.6) is 0 Å². The lowest BCUT2D eigenvalue weighted by Crippen LogP contribution is -2.41. The van der Waals surface area contributed by atoms with Gasteiger partial charge in [-0.1, -0.05) is 40.9 Å². The van der Waals surface area contributed by atoms with Gasteiger partial charge in [0.15, 0.2) is 21.3 Å². The molecule has 2 unspecified atom stereocenters. The van der Waals surface area contributed by atoms with Crippen molar-refractivity contribution >= 4 is 56.2 Å². The van der Waals surface area contributed by atoms with E-state index in [0.717, 1.165) is 10.7 Å². The Kier molecular flexibility index (Phi) is 5.82. The number of hydrogen-bond acceptors (Lipinski definition) is 4. The van der Waals surface area contributed by atoms with Gasteiger partial charge in [-0.05, 0) is 48.9 Å². The van der Waals surface area contributed by atoms with Crippen molar-refractivity contribution in [3.05, 3.63) is 74.9 Å². The molecule has 1 aliphatic heterocycles. The molecule has 0 fully saturated rings. The van der Waals surface area contributed by atoms with Crippen molar-refractivity contribution in [2.24, 2.45) is 4.99 Å². The van der Waals surface area contributed by atoms with Crippen molar-refractivity contribution in [3.63, 3.8) is 0 Å². The van der Waals surface area contributed by atoms with Gasteiger partial charge in [-0.15, -0.1) is 0 Å². The first-order chi connectivity index (χ1) is 14.9. The van der Waals surface area contributed by atoms with Crippen molar-refractivity contribution in [1.29, 1.82) is 0 Å². The average Bonchev–Trinajstić information content (AvgIpc) is 3.13. The van der Waals surface area contributed by atoms with Gasteiger partial charge in [0.2, 0.25) is 0 Å². The Hall–Kier alpha value is -2.07. The van der Waals surface area contributed by atoms with Crippen LogP contribution in [0.4, 0.5) is 19.0 Å². The first-order valence-corrected chi connectivity index (χ1v) is 11.7. The van der Waals surface area contributed by atoms with E-state index in [1.807, 2.05) is 0 Å². The first kappa shape index (κ1) is 23.1. The van der Waals surface area contributed by atoms with Gasteiger partial charge in [-0.3, -0.25) is 0 Å². The lowest BCUT2D eigenvalue weighted by atomic mass is 9.99. The van der Waals surface area contributed by atoms with Gasteiger partial charge in [0.25, 0.3) is 0 Å².